The molecule has 0 bridgehead atoms. The zero-order chi connectivity index (χ0) is 17.5. The SMILES string of the molecule is CCCCCCCCCCCCCCC(C)C(C(=O)O)C(=O)O. The Labute approximate surface area is 141 Å². The van der Waals surface area contributed by atoms with Crippen LogP contribution in [0.25, 0.3) is 0 Å². The summed E-state index contributed by atoms with van der Waals surface area (Å²) in [4.78, 5) is 21.8. The topological polar surface area (TPSA) is 74.6 Å². The summed E-state index contributed by atoms with van der Waals surface area (Å²) in [5.41, 5.74) is 0. The number of carboxylic acids is 2. The molecule has 0 rings (SSSR count). The minimum atomic E-state index is -1.26. The summed E-state index contributed by atoms with van der Waals surface area (Å²) in [6, 6.07) is 0. The molecule has 4 nitrogen and oxygen atoms in total. The highest BCUT2D eigenvalue weighted by Crippen LogP contribution is 2.20. The minimum absolute atomic E-state index is 0.298. The Hall–Kier alpha value is -1.06. The van der Waals surface area contributed by atoms with Crippen molar-refractivity contribution in [1.82, 2.24) is 0 Å². The molecule has 0 saturated carbocycles. The standard InChI is InChI=1S/C19H36O4/c1-3-4-5-6-7-8-9-10-11-12-13-14-15-16(2)17(18(20)21)19(22)23/h16-17H,3-15H2,1-2H3,(H,20,21)(H,22,23). The third-order valence-corrected chi connectivity index (χ3v) is 4.61. The van der Waals surface area contributed by atoms with Gasteiger partial charge in [-0.15, -0.1) is 0 Å². The lowest BCUT2D eigenvalue weighted by atomic mass is 9.89. The van der Waals surface area contributed by atoms with Crippen molar-refractivity contribution in [3.05, 3.63) is 0 Å². The second-order valence-corrected chi connectivity index (χ2v) is 6.81. The first-order valence-corrected chi connectivity index (χ1v) is 9.46. The van der Waals surface area contributed by atoms with Crippen LogP contribution in [0.1, 0.15) is 97.3 Å². The van der Waals surface area contributed by atoms with Crippen LogP contribution in [-0.2, 0) is 9.59 Å². The van der Waals surface area contributed by atoms with Crippen molar-refractivity contribution in [3.8, 4) is 0 Å². The van der Waals surface area contributed by atoms with Crippen LogP contribution in [0.4, 0.5) is 0 Å². The molecule has 136 valence electrons. The van der Waals surface area contributed by atoms with Crippen LogP contribution in [-0.4, -0.2) is 22.2 Å². The molecule has 0 saturated heterocycles. The minimum Gasteiger partial charge on any atom is -0.481 e. The van der Waals surface area contributed by atoms with Gasteiger partial charge in [-0.25, -0.2) is 0 Å². The summed E-state index contributed by atoms with van der Waals surface area (Å²) >= 11 is 0. The molecule has 0 aromatic rings. The first-order valence-electron chi connectivity index (χ1n) is 9.46. The van der Waals surface area contributed by atoms with Crippen molar-refractivity contribution in [2.24, 2.45) is 11.8 Å². The monoisotopic (exact) mass is 328 g/mol. The number of carbonyl (C=O) groups is 2. The van der Waals surface area contributed by atoms with E-state index in [4.69, 9.17) is 10.2 Å². The Morgan fingerprint density at radius 2 is 1.04 bits per heavy atom. The predicted molar refractivity (Wildman–Crippen MR) is 93.6 cm³/mol. The molecule has 0 fully saturated rings. The summed E-state index contributed by atoms with van der Waals surface area (Å²) in [6.45, 7) is 3.97. The van der Waals surface area contributed by atoms with Gasteiger partial charge >= 0.3 is 11.9 Å². The molecule has 23 heavy (non-hydrogen) atoms. The van der Waals surface area contributed by atoms with Gasteiger partial charge in [0.2, 0.25) is 0 Å². The molecule has 0 aromatic heterocycles. The fraction of sp³-hybridized carbons (Fsp3) is 0.895. The molecular weight excluding hydrogens is 292 g/mol. The van der Waals surface area contributed by atoms with E-state index in [1.54, 1.807) is 6.92 Å². The van der Waals surface area contributed by atoms with E-state index in [2.05, 4.69) is 6.92 Å². The van der Waals surface area contributed by atoms with E-state index in [-0.39, 0.29) is 5.92 Å². The van der Waals surface area contributed by atoms with Crippen LogP contribution < -0.4 is 0 Å². The Morgan fingerprint density at radius 1 is 0.696 bits per heavy atom. The Morgan fingerprint density at radius 3 is 1.39 bits per heavy atom. The number of unbranched alkanes of at least 4 members (excludes halogenated alkanes) is 11. The summed E-state index contributed by atoms with van der Waals surface area (Å²) in [5, 5.41) is 17.8. The smallest absolute Gasteiger partial charge is 0.318 e. The first-order chi connectivity index (χ1) is 11.0. The maximum atomic E-state index is 10.9. The van der Waals surface area contributed by atoms with Gasteiger partial charge in [0.1, 0.15) is 0 Å². The molecule has 0 heterocycles. The lowest BCUT2D eigenvalue weighted by Crippen LogP contribution is -2.29. The van der Waals surface area contributed by atoms with Crippen LogP contribution >= 0.6 is 0 Å². The van der Waals surface area contributed by atoms with Gasteiger partial charge in [-0.05, 0) is 12.3 Å². The maximum Gasteiger partial charge on any atom is 0.318 e. The van der Waals surface area contributed by atoms with Crippen molar-refractivity contribution in [2.75, 3.05) is 0 Å². The van der Waals surface area contributed by atoms with Crippen LogP contribution in [0.15, 0.2) is 0 Å². The van der Waals surface area contributed by atoms with Gasteiger partial charge in [0.05, 0.1) is 0 Å². The molecular formula is C19H36O4. The van der Waals surface area contributed by atoms with Crippen molar-refractivity contribution in [1.29, 1.82) is 0 Å². The maximum absolute atomic E-state index is 10.9. The van der Waals surface area contributed by atoms with Crippen LogP contribution in [0, 0.1) is 11.8 Å². The molecule has 1 unspecified atom stereocenters. The molecule has 0 aromatic carbocycles. The molecule has 0 aliphatic rings. The molecule has 0 amide bonds. The van der Waals surface area contributed by atoms with Crippen molar-refractivity contribution in [3.63, 3.8) is 0 Å². The van der Waals surface area contributed by atoms with Gasteiger partial charge in [0.25, 0.3) is 0 Å². The van der Waals surface area contributed by atoms with Crippen LogP contribution in [0.2, 0.25) is 0 Å². The zero-order valence-electron chi connectivity index (χ0n) is 15.1. The summed E-state index contributed by atoms with van der Waals surface area (Å²) in [7, 11) is 0. The predicted octanol–water partition coefficient (Wildman–Crippen LogP) is 5.50. The van der Waals surface area contributed by atoms with E-state index in [1.165, 1.54) is 64.2 Å². The third kappa shape index (κ3) is 12.1. The second kappa shape index (κ2) is 14.5. The highest BCUT2D eigenvalue weighted by atomic mass is 16.4. The van der Waals surface area contributed by atoms with E-state index < -0.39 is 17.9 Å². The normalized spacial score (nSPS) is 12.5. The fourth-order valence-corrected chi connectivity index (χ4v) is 3.07. The van der Waals surface area contributed by atoms with Gasteiger partial charge in [0, 0.05) is 0 Å². The Balaban J connectivity index is 3.45. The number of carboxylic acid groups (broad SMARTS) is 2. The van der Waals surface area contributed by atoms with E-state index in [1.807, 2.05) is 0 Å². The number of hydrogen-bond donors (Lipinski definition) is 2. The van der Waals surface area contributed by atoms with E-state index in [0.29, 0.717) is 6.42 Å². The van der Waals surface area contributed by atoms with Gasteiger partial charge in [-0.3, -0.25) is 9.59 Å². The Bertz CT molecular complexity index is 300. The largest absolute Gasteiger partial charge is 0.481 e. The number of rotatable bonds is 16. The molecule has 0 aliphatic carbocycles. The number of hydrogen-bond acceptors (Lipinski definition) is 2. The average molecular weight is 328 g/mol. The molecule has 0 spiro atoms. The lowest BCUT2D eigenvalue weighted by molar-refractivity contribution is -0.157. The lowest BCUT2D eigenvalue weighted by Gasteiger charge is -2.15. The quantitative estimate of drug-likeness (QED) is 0.290. The third-order valence-electron chi connectivity index (χ3n) is 4.61. The number of aliphatic carboxylic acids is 2. The summed E-state index contributed by atoms with van der Waals surface area (Å²) in [6.07, 6.45) is 15.8. The molecule has 1 atom stereocenters. The Kier molecular flexibility index (Phi) is 13.9. The highest BCUT2D eigenvalue weighted by Gasteiger charge is 2.31. The van der Waals surface area contributed by atoms with Gasteiger partial charge in [-0.2, -0.15) is 0 Å². The van der Waals surface area contributed by atoms with Crippen LogP contribution in [0.5, 0.6) is 0 Å². The van der Waals surface area contributed by atoms with Crippen molar-refractivity contribution in [2.45, 2.75) is 97.3 Å². The van der Waals surface area contributed by atoms with Gasteiger partial charge in [-0.1, -0.05) is 90.9 Å². The van der Waals surface area contributed by atoms with E-state index in [0.717, 1.165) is 12.8 Å². The summed E-state index contributed by atoms with van der Waals surface area (Å²) in [5.74, 6) is -4.00. The van der Waals surface area contributed by atoms with E-state index in [9.17, 15) is 9.59 Å². The van der Waals surface area contributed by atoms with Gasteiger partial charge < -0.3 is 10.2 Å². The van der Waals surface area contributed by atoms with Crippen molar-refractivity contribution < 1.29 is 19.8 Å². The molecule has 2 N–H and O–H groups in total. The molecule has 0 radical (unpaired) electrons. The van der Waals surface area contributed by atoms with Crippen molar-refractivity contribution >= 4 is 11.9 Å². The van der Waals surface area contributed by atoms with E-state index >= 15 is 0 Å². The highest BCUT2D eigenvalue weighted by molar-refractivity contribution is 5.93. The molecule has 0 aliphatic heterocycles. The van der Waals surface area contributed by atoms with Gasteiger partial charge in [0.15, 0.2) is 5.92 Å². The average Bonchev–Trinajstić information content (AvgIpc) is 2.47. The summed E-state index contributed by atoms with van der Waals surface area (Å²) < 4.78 is 0. The molecule has 4 heteroatoms. The fourth-order valence-electron chi connectivity index (χ4n) is 3.07. The first kappa shape index (κ1) is 21.9. The van der Waals surface area contributed by atoms with Crippen LogP contribution in [0.3, 0.4) is 0 Å². The second-order valence-electron chi connectivity index (χ2n) is 6.81. The zero-order valence-corrected chi connectivity index (χ0v) is 15.1.